The fourth-order valence-electron chi connectivity index (χ4n) is 5.60. The highest BCUT2D eigenvalue weighted by molar-refractivity contribution is 5.85. The summed E-state index contributed by atoms with van der Waals surface area (Å²) >= 11 is 0. The molecular weight excluding hydrogens is 448 g/mol. The standard InChI is InChI=1S/C27H30N2O6/c30-25(29-13-14-34-16-24(29)26(31)32)17-9-11-18(12-10-17)28-27(33)35-15-23-21-7-3-1-5-19(21)20-6-2-4-8-22(20)23/h1-8,17-18,23-24H,9-16H2,(H,28,33)(H,31,32). The van der Waals surface area contributed by atoms with E-state index in [1.54, 1.807) is 0 Å². The summed E-state index contributed by atoms with van der Waals surface area (Å²) in [5, 5.41) is 12.4. The summed E-state index contributed by atoms with van der Waals surface area (Å²) in [7, 11) is 0. The number of aliphatic carboxylic acids is 1. The van der Waals surface area contributed by atoms with Crippen molar-refractivity contribution in [2.45, 2.75) is 43.7 Å². The monoisotopic (exact) mass is 478 g/mol. The summed E-state index contributed by atoms with van der Waals surface area (Å²) in [6.45, 7) is 0.947. The number of fused-ring (bicyclic) bond motifs is 3. The Hall–Kier alpha value is -3.39. The number of carbonyl (C=O) groups is 3. The van der Waals surface area contributed by atoms with Gasteiger partial charge in [0.15, 0.2) is 6.04 Å². The Morgan fingerprint density at radius 2 is 1.60 bits per heavy atom. The van der Waals surface area contributed by atoms with Gasteiger partial charge in [0.25, 0.3) is 0 Å². The van der Waals surface area contributed by atoms with Crippen LogP contribution in [0.2, 0.25) is 0 Å². The number of rotatable bonds is 5. The molecule has 1 heterocycles. The lowest BCUT2D eigenvalue weighted by atomic mass is 9.85. The van der Waals surface area contributed by atoms with Crippen molar-refractivity contribution in [3.8, 4) is 11.1 Å². The van der Waals surface area contributed by atoms with Crippen LogP contribution in [0.15, 0.2) is 48.5 Å². The number of hydrogen-bond donors (Lipinski definition) is 2. The number of benzene rings is 2. The van der Waals surface area contributed by atoms with Gasteiger partial charge in [-0.15, -0.1) is 0 Å². The zero-order chi connectivity index (χ0) is 24.4. The van der Waals surface area contributed by atoms with E-state index in [0.29, 0.717) is 38.8 Å². The van der Waals surface area contributed by atoms with E-state index in [1.807, 2.05) is 24.3 Å². The second-order valence-corrected chi connectivity index (χ2v) is 9.48. The molecule has 1 aliphatic heterocycles. The molecule has 184 valence electrons. The smallest absolute Gasteiger partial charge is 0.407 e. The molecule has 0 aromatic heterocycles. The molecule has 8 nitrogen and oxygen atoms in total. The van der Waals surface area contributed by atoms with Crippen molar-refractivity contribution in [1.29, 1.82) is 0 Å². The molecule has 0 bridgehead atoms. The van der Waals surface area contributed by atoms with Crippen molar-refractivity contribution in [2.75, 3.05) is 26.4 Å². The van der Waals surface area contributed by atoms with E-state index in [4.69, 9.17) is 9.47 Å². The highest BCUT2D eigenvalue weighted by atomic mass is 16.5. The quantitative estimate of drug-likeness (QED) is 0.683. The van der Waals surface area contributed by atoms with Crippen LogP contribution >= 0.6 is 0 Å². The normalized spacial score (nSPS) is 23.8. The molecule has 3 aliphatic rings. The second kappa shape index (κ2) is 10.1. The Kier molecular flexibility index (Phi) is 6.72. The SMILES string of the molecule is O=C(NC1CCC(C(=O)N2CCOCC2C(=O)O)CC1)OCC1c2ccccc2-c2ccccc21. The Morgan fingerprint density at radius 1 is 0.971 bits per heavy atom. The number of carboxylic acids is 1. The third kappa shape index (κ3) is 4.75. The summed E-state index contributed by atoms with van der Waals surface area (Å²) in [5.74, 6) is -1.38. The van der Waals surface area contributed by atoms with Gasteiger partial charge in [-0.3, -0.25) is 4.79 Å². The Balaban J connectivity index is 1.12. The predicted octanol–water partition coefficient (Wildman–Crippen LogP) is 3.40. The lowest BCUT2D eigenvalue weighted by molar-refractivity contribution is -0.160. The number of carbonyl (C=O) groups excluding carboxylic acids is 2. The van der Waals surface area contributed by atoms with E-state index < -0.39 is 18.1 Å². The van der Waals surface area contributed by atoms with Gasteiger partial charge in [-0.1, -0.05) is 48.5 Å². The highest BCUT2D eigenvalue weighted by Crippen LogP contribution is 2.44. The topological polar surface area (TPSA) is 105 Å². The van der Waals surface area contributed by atoms with Crippen LogP contribution in [0.1, 0.15) is 42.7 Å². The van der Waals surface area contributed by atoms with E-state index >= 15 is 0 Å². The van der Waals surface area contributed by atoms with Gasteiger partial charge in [0.1, 0.15) is 6.61 Å². The molecule has 2 N–H and O–H groups in total. The number of carboxylic acid groups (broad SMARTS) is 1. The summed E-state index contributed by atoms with van der Waals surface area (Å²) in [6.07, 6.45) is 2.08. The predicted molar refractivity (Wildman–Crippen MR) is 128 cm³/mol. The maximum Gasteiger partial charge on any atom is 0.407 e. The number of nitrogens with one attached hydrogen (secondary N) is 1. The zero-order valence-corrected chi connectivity index (χ0v) is 19.5. The number of alkyl carbamates (subject to hydrolysis) is 1. The molecule has 2 aromatic rings. The first-order chi connectivity index (χ1) is 17.0. The van der Waals surface area contributed by atoms with E-state index in [0.717, 1.165) is 0 Å². The maximum atomic E-state index is 12.9. The maximum absolute atomic E-state index is 12.9. The Bertz CT molecular complexity index is 1060. The van der Waals surface area contributed by atoms with Gasteiger partial charge < -0.3 is 24.8 Å². The van der Waals surface area contributed by atoms with Crippen molar-refractivity contribution >= 4 is 18.0 Å². The summed E-state index contributed by atoms with van der Waals surface area (Å²) < 4.78 is 10.9. The minimum absolute atomic E-state index is 0.0113. The van der Waals surface area contributed by atoms with Gasteiger partial charge in [0.2, 0.25) is 5.91 Å². The molecular formula is C27H30N2O6. The third-order valence-electron chi connectivity index (χ3n) is 7.44. The molecule has 1 saturated heterocycles. The number of morpholine rings is 1. The number of amides is 2. The van der Waals surface area contributed by atoms with Crippen molar-refractivity contribution in [2.24, 2.45) is 5.92 Å². The lowest BCUT2D eigenvalue weighted by Crippen LogP contribution is -2.54. The molecule has 2 aliphatic carbocycles. The molecule has 8 heteroatoms. The number of hydrogen-bond acceptors (Lipinski definition) is 5. The van der Waals surface area contributed by atoms with Crippen LogP contribution in [0, 0.1) is 5.92 Å². The molecule has 2 aromatic carbocycles. The minimum Gasteiger partial charge on any atom is -0.480 e. The molecule has 1 atom stereocenters. The summed E-state index contributed by atoms with van der Waals surface area (Å²) in [4.78, 5) is 38.5. The van der Waals surface area contributed by atoms with Crippen molar-refractivity contribution in [1.82, 2.24) is 10.2 Å². The second-order valence-electron chi connectivity index (χ2n) is 9.48. The fraction of sp³-hybridized carbons (Fsp3) is 0.444. The van der Waals surface area contributed by atoms with Crippen LogP contribution < -0.4 is 5.32 Å². The Labute approximate surface area is 204 Å². The van der Waals surface area contributed by atoms with Crippen molar-refractivity contribution in [3.05, 3.63) is 59.7 Å². The van der Waals surface area contributed by atoms with Crippen LogP contribution in [-0.2, 0) is 19.1 Å². The summed E-state index contributed by atoms with van der Waals surface area (Å²) in [6, 6.07) is 15.4. The van der Waals surface area contributed by atoms with Gasteiger partial charge in [-0.05, 0) is 47.9 Å². The molecule has 1 unspecified atom stereocenters. The largest absolute Gasteiger partial charge is 0.480 e. The minimum atomic E-state index is -1.04. The molecule has 1 saturated carbocycles. The number of nitrogens with zero attached hydrogens (tertiary/aromatic N) is 1. The average molecular weight is 479 g/mol. The van der Waals surface area contributed by atoms with Crippen LogP contribution in [0.25, 0.3) is 11.1 Å². The average Bonchev–Trinajstić information content (AvgIpc) is 3.21. The van der Waals surface area contributed by atoms with E-state index in [-0.39, 0.29) is 37.0 Å². The molecule has 2 fully saturated rings. The van der Waals surface area contributed by atoms with Crippen LogP contribution in [0.4, 0.5) is 4.79 Å². The first-order valence-electron chi connectivity index (χ1n) is 12.3. The van der Waals surface area contributed by atoms with Gasteiger partial charge in [0, 0.05) is 24.4 Å². The van der Waals surface area contributed by atoms with Gasteiger partial charge in [-0.25, -0.2) is 9.59 Å². The van der Waals surface area contributed by atoms with Crippen molar-refractivity contribution in [3.63, 3.8) is 0 Å². The number of ether oxygens (including phenoxy) is 2. The van der Waals surface area contributed by atoms with Gasteiger partial charge >= 0.3 is 12.1 Å². The van der Waals surface area contributed by atoms with E-state index in [9.17, 15) is 19.5 Å². The molecule has 0 spiro atoms. The van der Waals surface area contributed by atoms with Crippen molar-refractivity contribution < 1.29 is 29.0 Å². The summed E-state index contributed by atoms with van der Waals surface area (Å²) in [5.41, 5.74) is 4.71. The zero-order valence-electron chi connectivity index (χ0n) is 19.5. The van der Waals surface area contributed by atoms with Crippen LogP contribution in [-0.4, -0.2) is 66.4 Å². The van der Waals surface area contributed by atoms with Crippen LogP contribution in [0.5, 0.6) is 0 Å². The van der Waals surface area contributed by atoms with Gasteiger partial charge in [-0.2, -0.15) is 0 Å². The fourth-order valence-corrected chi connectivity index (χ4v) is 5.60. The van der Waals surface area contributed by atoms with E-state index in [1.165, 1.54) is 27.2 Å². The van der Waals surface area contributed by atoms with E-state index in [2.05, 4.69) is 29.6 Å². The van der Waals surface area contributed by atoms with Crippen LogP contribution in [0.3, 0.4) is 0 Å². The lowest BCUT2D eigenvalue weighted by Gasteiger charge is -2.37. The molecule has 35 heavy (non-hydrogen) atoms. The first kappa shape index (κ1) is 23.4. The molecule has 2 amide bonds. The first-order valence-corrected chi connectivity index (χ1v) is 12.3. The highest BCUT2D eigenvalue weighted by Gasteiger charge is 2.37. The molecule has 0 radical (unpaired) electrons. The third-order valence-corrected chi connectivity index (χ3v) is 7.44. The Morgan fingerprint density at radius 3 is 2.23 bits per heavy atom. The molecule has 5 rings (SSSR count). The van der Waals surface area contributed by atoms with Gasteiger partial charge in [0.05, 0.1) is 13.2 Å².